The van der Waals surface area contributed by atoms with E-state index >= 15 is 0 Å². The number of fused-ring (bicyclic) bond motifs is 2. The van der Waals surface area contributed by atoms with Crippen LogP contribution in [0.3, 0.4) is 0 Å². The molecular weight excluding hydrogens is 498 g/mol. The molecule has 6 nitrogen and oxygen atoms in total. The molecule has 0 amide bonds. The zero-order valence-corrected chi connectivity index (χ0v) is 21.4. The molecule has 0 bridgehead atoms. The molecule has 37 heavy (non-hydrogen) atoms. The van der Waals surface area contributed by atoms with E-state index in [1.54, 1.807) is 25.3 Å². The average Bonchev–Trinajstić information content (AvgIpc) is 3.37. The van der Waals surface area contributed by atoms with E-state index in [1.807, 2.05) is 48.5 Å². The summed E-state index contributed by atoms with van der Waals surface area (Å²) in [6, 6.07) is 17.5. The van der Waals surface area contributed by atoms with E-state index in [1.165, 1.54) is 0 Å². The largest absolute Gasteiger partial charge is 0.443 e. The number of para-hydroxylation sites is 1. The molecule has 1 N–H and O–H groups in total. The predicted molar refractivity (Wildman–Crippen MR) is 137 cm³/mol. The Balaban J connectivity index is 1.46. The van der Waals surface area contributed by atoms with Gasteiger partial charge in [-0.05, 0) is 80.6 Å². The van der Waals surface area contributed by atoms with Crippen molar-refractivity contribution in [2.45, 2.75) is 50.2 Å². The third-order valence-electron chi connectivity index (χ3n) is 6.23. The molecule has 1 aliphatic carbocycles. The molecule has 0 saturated heterocycles. The Kier molecular flexibility index (Phi) is 6.16. The van der Waals surface area contributed by atoms with Gasteiger partial charge in [-0.15, -0.1) is 0 Å². The van der Waals surface area contributed by atoms with Crippen LogP contribution in [0.1, 0.15) is 31.9 Å². The molecule has 0 aliphatic heterocycles. The summed E-state index contributed by atoms with van der Waals surface area (Å²) in [7, 11) is -4.40. The number of rotatable bonds is 4. The molecule has 5 rings (SSSR count). The van der Waals surface area contributed by atoms with E-state index in [0.29, 0.717) is 24.1 Å². The fraction of sp³-hybridized carbons (Fsp3) is 0.250. The SMILES string of the molecule is CC(C)(C)OC(=O)n1c(-c2ccc3c(c2)CC(NS(=O)(=O)c2c(F)cccc2F)C3)cc2ccccc21. The van der Waals surface area contributed by atoms with Crippen molar-refractivity contribution >= 4 is 27.0 Å². The molecule has 1 aliphatic rings. The second-order valence-corrected chi connectivity index (χ2v) is 11.8. The van der Waals surface area contributed by atoms with E-state index < -0.39 is 44.3 Å². The normalized spacial score (nSPS) is 15.6. The van der Waals surface area contributed by atoms with Gasteiger partial charge in [-0.25, -0.2) is 31.3 Å². The van der Waals surface area contributed by atoms with E-state index in [2.05, 4.69) is 4.72 Å². The van der Waals surface area contributed by atoms with Crippen LogP contribution in [0.2, 0.25) is 0 Å². The number of sulfonamides is 1. The first-order chi connectivity index (χ1) is 17.4. The summed E-state index contributed by atoms with van der Waals surface area (Å²) in [5, 5.41) is 0.876. The van der Waals surface area contributed by atoms with Crippen LogP contribution in [0.25, 0.3) is 22.2 Å². The van der Waals surface area contributed by atoms with Gasteiger partial charge in [0.15, 0.2) is 4.90 Å². The van der Waals surface area contributed by atoms with Crippen molar-refractivity contribution in [2.24, 2.45) is 0 Å². The van der Waals surface area contributed by atoms with E-state index in [4.69, 9.17) is 4.74 Å². The average molecular weight is 525 g/mol. The first-order valence-electron chi connectivity index (χ1n) is 11.9. The maximum Gasteiger partial charge on any atom is 0.419 e. The quantitative estimate of drug-likeness (QED) is 0.365. The molecule has 0 saturated carbocycles. The summed E-state index contributed by atoms with van der Waals surface area (Å²) in [6.45, 7) is 5.42. The monoisotopic (exact) mass is 524 g/mol. The lowest BCUT2D eigenvalue weighted by Gasteiger charge is -2.21. The Morgan fingerprint density at radius 1 is 0.946 bits per heavy atom. The number of benzene rings is 3. The van der Waals surface area contributed by atoms with Crippen LogP contribution in [0.4, 0.5) is 13.6 Å². The number of nitrogens with zero attached hydrogens (tertiary/aromatic N) is 1. The van der Waals surface area contributed by atoms with Crippen molar-refractivity contribution in [1.82, 2.24) is 9.29 Å². The van der Waals surface area contributed by atoms with Gasteiger partial charge < -0.3 is 4.74 Å². The molecule has 1 aromatic heterocycles. The summed E-state index contributed by atoms with van der Waals surface area (Å²) in [5.41, 5.74) is 3.26. The minimum absolute atomic E-state index is 0.338. The number of carbonyl (C=O) groups excluding carboxylic acids is 1. The minimum Gasteiger partial charge on any atom is -0.443 e. The number of nitrogens with one attached hydrogen (secondary N) is 1. The third-order valence-corrected chi connectivity index (χ3v) is 7.80. The third kappa shape index (κ3) is 4.89. The summed E-state index contributed by atoms with van der Waals surface area (Å²) in [4.78, 5) is 12.2. The van der Waals surface area contributed by atoms with Crippen molar-refractivity contribution in [1.29, 1.82) is 0 Å². The van der Waals surface area contributed by atoms with Gasteiger partial charge in [0.25, 0.3) is 0 Å². The Hall–Kier alpha value is -3.56. The molecule has 192 valence electrons. The molecule has 0 spiro atoms. The van der Waals surface area contributed by atoms with Gasteiger partial charge in [0.1, 0.15) is 17.2 Å². The highest BCUT2D eigenvalue weighted by molar-refractivity contribution is 7.89. The molecule has 1 heterocycles. The van der Waals surface area contributed by atoms with E-state index in [0.717, 1.165) is 40.3 Å². The molecular formula is C28H26F2N2O4S. The van der Waals surface area contributed by atoms with Crippen LogP contribution in [0, 0.1) is 11.6 Å². The van der Waals surface area contributed by atoms with E-state index in [-0.39, 0.29) is 0 Å². The van der Waals surface area contributed by atoms with Gasteiger partial charge in [-0.3, -0.25) is 0 Å². The molecule has 0 fully saturated rings. The molecule has 9 heteroatoms. The van der Waals surface area contributed by atoms with Crippen molar-refractivity contribution in [2.75, 3.05) is 0 Å². The summed E-state index contributed by atoms with van der Waals surface area (Å²) < 4.78 is 63.4. The second-order valence-electron chi connectivity index (χ2n) is 10.2. The highest BCUT2D eigenvalue weighted by Gasteiger charge is 2.31. The maximum absolute atomic E-state index is 14.1. The maximum atomic E-state index is 14.1. The first kappa shape index (κ1) is 25.1. The van der Waals surface area contributed by atoms with Crippen LogP contribution >= 0.6 is 0 Å². The lowest BCUT2D eigenvalue weighted by molar-refractivity contribution is 0.0547. The minimum atomic E-state index is -4.40. The zero-order valence-electron chi connectivity index (χ0n) is 20.6. The Morgan fingerprint density at radius 3 is 2.32 bits per heavy atom. The van der Waals surface area contributed by atoms with Crippen molar-refractivity contribution in [3.05, 3.63) is 89.5 Å². The highest BCUT2D eigenvalue weighted by atomic mass is 32.2. The van der Waals surface area contributed by atoms with Crippen molar-refractivity contribution in [3.63, 3.8) is 0 Å². The van der Waals surface area contributed by atoms with Crippen LogP contribution in [-0.2, 0) is 27.6 Å². The van der Waals surface area contributed by atoms with Crippen LogP contribution in [0.5, 0.6) is 0 Å². The summed E-state index contributed by atoms with van der Waals surface area (Å²) in [5.74, 6) is -2.28. The van der Waals surface area contributed by atoms with Crippen LogP contribution in [0.15, 0.2) is 71.6 Å². The smallest absolute Gasteiger partial charge is 0.419 e. The Labute approximate surface area is 213 Å². The van der Waals surface area contributed by atoms with Crippen molar-refractivity contribution < 1.29 is 26.7 Å². The number of halogens is 2. The lowest BCUT2D eigenvalue weighted by Crippen LogP contribution is -2.36. The van der Waals surface area contributed by atoms with Gasteiger partial charge in [-0.2, -0.15) is 0 Å². The second kappa shape index (κ2) is 9.08. The number of aromatic nitrogens is 1. The predicted octanol–water partition coefficient (Wildman–Crippen LogP) is 5.82. The van der Waals surface area contributed by atoms with Gasteiger partial charge >= 0.3 is 6.09 Å². The van der Waals surface area contributed by atoms with Crippen molar-refractivity contribution in [3.8, 4) is 11.3 Å². The standard InChI is InChI=1S/C28H26F2N2O4S/c1-28(2,3)36-27(33)32-24-10-5-4-7-18(24)16-25(32)19-12-11-17-14-21(15-20(17)13-19)31-37(34,35)26-22(29)8-6-9-23(26)30/h4-13,16,21,31H,14-15H2,1-3H3. The van der Waals surface area contributed by atoms with Gasteiger partial charge in [0, 0.05) is 11.4 Å². The summed E-state index contributed by atoms with van der Waals surface area (Å²) in [6.07, 6.45) is 0.215. The fourth-order valence-corrected chi connectivity index (χ4v) is 6.12. The zero-order chi connectivity index (χ0) is 26.5. The van der Waals surface area contributed by atoms with Gasteiger partial charge in [-0.1, -0.05) is 36.4 Å². The van der Waals surface area contributed by atoms with Crippen LogP contribution in [-0.4, -0.2) is 30.7 Å². The number of hydrogen-bond donors (Lipinski definition) is 1. The Morgan fingerprint density at radius 2 is 1.62 bits per heavy atom. The topological polar surface area (TPSA) is 77.4 Å². The Bertz CT molecular complexity index is 1620. The molecule has 3 aromatic carbocycles. The number of ether oxygens (including phenoxy) is 1. The molecule has 0 radical (unpaired) electrons. The summed E-state index contributed by atoms with van der Waals surface area (Å²) >= 11 is 0. The van der Waals surface area contributed by atoms with E-state index in [9.17, 15) is 22.0 Å². The number of hydrogen-bond acceptors (Lipinski definition) is 4. The fourth-order valence-electron chi connectivity index (χ4n) is 4.75. The lowest BCUT2D eigenvalue weighted by atomic mass is 10.0. The highest BCUT2D eigenvalue weighted by Crippen LogP contribution is 2.33. The molecule has 1 atom stereocenters. The van der Waals surface area contributed by atoms with Gasteiger partial charge in [0.05, 0.1) is 11.2 Å². The molecule has 4 aromatic rings. The van der Waals surface area contributed by atoms with Gasteiger partial charge in [0.2, 0.25) is 10.0 Å². The van der Waals surface area contributed by atoms with Crippen LogP contribution < -0.4 is 4.72 Å². The number of carbonyl (C=O) groups is 1. The first-order valence-corrected chi connectivity index (χ1v) is 13.3. The molecule has 1 unspecified atom stereocenters.